The summed E-state index contributed by atoms with van der Waals surface area (Å²) in [5.74, 6) is 0. The first-order valence-corrected chi connectivity index (χ1v) is 4.98. The maximum absolute atomic E-state index is 8.62. The molecule has 1 heterocycles. The smallest absolute Gasteiger partial charge is 0.423 e. The Bertz CT molecular complexity index is 183. The highest BCUT2D eigenvalue weighted by atomic mass is 127. The molecule has 0 aromatic heterocycles. The van der Waals surface area contributed by atoms with Crippen molar-refractivity contribution in [3.8, 4) is 0 Å². The van der Waals surface area contributed by atoms with E-state index in [1.807, 2.05) is 10.2 Å². The minimum Gasteiger partial charge on any atom is -0.423 e. The Labute approximate surface area is 63.8 Å². The van der Waals surface area contributed by atoms with Gasteiger partial charge in [0.1, 0.15) is 0 Å². The van der Waals surface area contributed by atoms with Crippen molar-refractivity contribution in [3.05, 3.63) is 21.7 Å². The molecule has 0 aromatic rings. The van der Waals surface area contributed by atoms with Crippen LogP contribution in [0.3, 0.4) is 0 Å². The molecule has 1 aliphatic heterocycles. The van der Waals surface area contributed by atoms with Gasteiger partial charge in [0.2, 0.25) is 0 Å². The number of hydrogen-bond donors (Lipinski definition) is 2. The van der Waals surface area contributed by atoms with Crippen molar-refractivity contribution in [2.45, 2.75) is 0 Å². The van der Waals surface area contributed by atoms with Crippen molar-refractivity contribution in [1.29, 1.82) is 0 Å². The summed E-state index contributed by atoms with van der Waals surface area (Å²) in [6.45, 7) is 0. The van der Waals surface area contributed by atoms with E-state index in [1.54, 1.807) is 6.08 Å². The van der Waals surface area contributed by atoms with Gasteiger partial charge in [-0.3, -0.25) is 0 Å². The summed E-state index contributed by atoms with van der Waals surface area (Å²) in [6.07, 6.45) is 3.58. The van der Waals surface area contributed by atoms with Crippen LogP contribution in [-0.4, -0.2) is 21.2 Å². The van der Waals surface area contributed by atoms with Crippen molar-refractivity contribution in [2.75, 3.05) is 0 Å². The molecule has 48 valence electrons. The van der Waals surface area contributed by atoms with Gasteiger partial charge >= 0.3 is 7.12 Å². The van der Waals surface area contributed by atoms with Crippen molar-refractivity contribution in [2.24, 2.45) is 0 Å². The number of hydrogen-bond acceptors (Lipinski definition) is 2. The highest BCUT2D eigenvalue weighted by molar-refractivity contribution is 14.2. The maximum atomic E-state index is 8.62. The molecule has 0 bridgehead atoms. The van der Waals surface area contributed by atoms with Crippen LogP contribution in [0.15, 0.2) is 21.7 Å². The summed E-state index contributed by atoms with van der Waals surface area (Å²) >= 11 is -0.0529. The third-order valence-corrected chi connectivity index (χ3v) is 2.83. The molecule has 0 amide bonds. The number of halogens is 1. The topological polar surface area (TPSA) is 40.5 Å². The van der Waals surface area contributed by atoms with E-state index >= 15 is 0 Å². The van der Waals surface area contributed by atoms with Crippen molar-refractivity contribution >= 4 is 31.9 Å². The highest BCUT2D eigenvalue weighted by Gasteiger charge is 2.10. The molecule has 0 radical (unpaired) electrons. The molecule has 1 rings (SSSR count). The summed E-state index contributed by atoms with van der Waals surface area (Å²) in [5.41, 5.74) is 0.630. The van der Waals surface area contributed by atoms with E-state index in [0.717, 1.165) is 0 Å². The lowest BCUT2D eigenvalue weighted by atomic mass is 9.80. The summed E-state index contributed by atoms with van der Waals surface area (Å²) < 4.78 is 3.95. The molecule has 0 unspecified atom stereocenters. The van der Waals surface area contributed by atoms with Crippen LogP contribution in [0.5, 0.6) is 0 Å². The summed E-state index contributed by atoms with van der Waals surface area (Å²) in [7, 11) is -1.28. The number of rotatable bonds is 1. The molecular weight excluding hydrogens is 230 g/mol. The van der Waals surface area contributed by atoms with E-state index in [4.69, 9.17) is 10.0 Å². The van der Waals surface area contributed by atoms with E-state index in [1.165, 1.54) is 0 Å². The van der Waals surface area contributed by atoms with E-state index in [2.05, 4.69) is 4.01 Å². The van der Waals surface area contributed by atoms with Crippen LogP contribution in [0.4, 0.5) is 0 Å². The van der Waals surface area contributed by atoms with Crippen LogP contribution in [-0.2, 0) is 0 Å². The van der Waals surface area contributed by atoms with Gasteiger partial charge < -0.3 is 10.0 Å². The minimum atomic E-state index is -1.28. The van der Waals surface area contributed by atoms with Gasteiger partial charge in [-0.1, -0.05) is 32.9 Å². The van der Waals surface area contributed by atoms with Crippen LogP contribution < -0.4 is 0 Å². The Hall–Kier alpha value is 0.0649. The predicted molar refractivity (Wildman–Crippen MR) is 47.5 cm³/mol. The fraction of sp³-hybridized carbons (Fsp3) is 0. The Morgan fingerprint density at radius 2 is 2.22 bits per heavy atom. The maximum Gasteiger partial charge on any atom is 0.488 e. The fourth-order valence-electron chi connectivity index (χ4n) is 0.477. The highest BCUT2D eigenvalue weighted by Crippen LogP contribution is 2.11. The van der Waals surface area contributed by atoms with Crippen LogP contribution in [0.1, 0.15) is 0 Å². The van der Waals surface area contributed by atoms with Gasteiger partial charge in [-0.25, -0.2) is 0 Å². The molecule has 0 fully saturated rings. The molecule has 2 nitrogen and oxygen atoms in total. The second kappa shape index (κ2) is 3.29. The van der Waals surface area contributed by atoms with Crippen LogP contribution in [0.25, 0.3) is 0 Å². The Kier molecular flexibility index (Phi) is 2.62. The Balaban J connectivity index is 2.72. The minimum absolute atomic E-state index is 0.0529. The van der Waals surface area contributed by atoms with Crippen molar-refractivity contribution in [1.82, 2.24) is 0 Å². The summed E-state index contributed by atoms with van der Waals surface area (Å²) in [4.78, 5) is 0. The average molecular weight is 236 g/mol. The molecule has 9 heavy (non-hydrogen) atoms. The SMILES string of the molecule is OB(O)C1=CI=CC=C1. The lowest BCUT2D eigenvalue weighted by molar-refractivity contribution is 0.421. The van der Waals surface area contributed by atoms with Gasteiger partial charge in [0.15, 0.2) is 0 Å². The molecule has 2 N–H and O–H groups in total. The molecule has 0 spiro atoms. The monoisotopic (exact) mass is 236 g/mol. The predicted octanol–water partition coefficient (Wildman–Crippen LogP) is 0.225. The Morgan fingerprint density at radius 3 is 2.56 bits per heavy atom. The van der Waals surface area contributed by atoms with E-state index in [9.17, 15) is 0 Å². The van der Waals surface area contributed by atoms with Crippen LogP contribution >= 0.6 is 20.7 Å². The van der Waals surface area contributed by atoms with Crippen LogP contribution in [0.2, 0.25) is 0 Å². The third kappa shape index (κ3) is 2.04. The summed E-state index contributed by atoms with van der Waals surface area (Å²) in [5, 5.41) is 17.2. The quantitative estimate of drug-likeness (QED) is 0.505. The first kappa shape index (κ1) is 7.18. The lowest BCUT2D eigenvalue weighted by Crippen LogP contribution is -2.13. The normalized spacial score (nSPS) is 16.4. The molecule has 0 atom stereocenters. The van der Waals surface area contributed by atoms with Gasteiger partial charge in [-0.2, -0.15) is 0 Å². The van der Waals surface area contributed by atoms with Crippen molar-refractivity contribution < 1.29 is 10.0 Å². The Morgan fingerprint density at radius 1 is 1.44 bits per heavy atom. The number of allylic oxidation sites excluding steroid dienone is 3. The fourth-order valence-corrected chi connectivity index (χ4v) is 2.08. The van der Waals surface area contributed by atoms with Gasteiger partial charge in [0.05, 0.1) is 0 Å². The summed E-state index contributed by atoms with van der Waals surface area (Å²) in [6, 6.07) is 0. The van der Waals surface area contributed by atoms with Gasteiger partial charge in [0.25, 0.3) is 0 Å². The molecule has 0 saturated carbocycles. The lowest BCUT2D eigenvalue weighted by Gasteiger charge is -1.98. The molecule has 1 aliphatic rings. The molecular formula is C5H6BIO2. The van der Waals surface area contributed by atoms with Gasteiger partial charge in [-0.05, 0) is 13.6 Å². The standard InChI is InChI=1S/C5H6BIO2/c8-6(9)5-2-1-3-7-4-5/h1-4,8-9H. The zero-order valence-electron chi connectivity index (χ0n) is 4.66. The van der Waals surface area contributed by atoms with Crippen molar-refractivity contribution in [3.63, 3.8) is 0 Å². The van der Waals surface area contributed by atoms with Gasteiger partial charge in [0, 0.05) is 0 Å². The molecule has 4 heteroatoms. The average Bonchev–Trinajstić information content (AvgIpc) is 1.90. The zero-order valence-corrected chi connectivity index (χ0v) is 6.82. The van der Waals surface area contributed by atoms with E-state index in [-0.39, 0.29) is 20.7 Å². The van der Waals surface area contributed by atoms with E-state index in [0.29, 0.717) is 5.47 Å². The van der Waals surface area contributed by atoms with Crippen LogP contribution in [0, 0.1) is 0 Å². The largest absolute Gasteiger partial charge is 0.488 e. The molecule has 0 aromatic carbocycles. The first-order valence-electron chi connectivity index (χ1n) is 2.49. The first-order chi connectivity index (χ1) is 4.30. The van der Waals surface area contributed by atoms with E-state index < -0.39 is 7.12 Å². The zero-order chi connectivity index (χ0) is 6.69. The second-order valence-electron chi connectivity index (χ2n) is 1.59. The second-order valence-corrected chi connectivity index (χ2v) is 3.66. The molecule has 0 aliphatic carbocycles. The molecule has 0 saturated heterocycles. The third-order valence-electron chi connectivity index (χ3n) is 0.921. The van der Waals surface area contributed by atoms with Gasteiger partial charge in [-0.15, -0.1) is 0 Å².